The van der Waals surface area contributed by atoms with E-state index >= 15 is 0 Å². The molecule has 2 aliphatic heterocycles. The summed E-state index contributed by atoms with van der Waals surface area (Å²) in [4.78, 5) is 0. The normalized spacial score (nSPS) is 33.9. The van der Waals surface area contributed by atoms with Gasteiger partial charge in [-0.15, -0.1) is 0 Å². The van der Waals surface area contributed by atoms with Crippen LogP contribution in [-0.4, -0.2) is 25.9 Å². The number of hydrogen-bond donors (Lipinski definition) is 0. The molecule has 32 heavy (non-hydrogen) atoms. The van der Waals surface area contributed by atoms with E-state index in [1.54, 1.807) is 12.1 Å². The Morgan fingerprint density at radius 2 is 1.38 bits per heavy atom. The summed E-state index contributed by atoms with van der Waals surface area (Å²) in [5.41, 5.74) is 0.593. The maximum Gasteiger partial charge on any atom is 0.186 e. The van der Waals surface area contributed by atoms with Crippen LogP contribution in [0.25, 0.3) is 0 Å². The highest BCUT2D eigenvalue weighted by atomic mass is 19.2. The van der Waals surface area contributed by atoms with Gasteiger partial charge in [-0.2, -0.15) is 0 Å². The van der Waals surface area contributed by atoms with E-state index in [0.717, 1.165) is 31.6 Å². The van der Waals surface area contributed by atoms with Crippen molar-refractivity contribution in [3.63, 3.8) is 0 Å². The predicted molar refractivity (Wildman–Crippen MR) is 121 cm³/mol. The highest BCUT2D eigenvalue weighted by Gasteiger charge is 2.34. The monoisotopic (exact) mass is 450 g/mol. The Kier molecular flexibility index (Phi) is 8.58. The quantitative estimate of drug-likeness (QED) is 0.436. The van der Waals surface area contributed by atoms with Crippen molar-refractivity contribution in [3.05, 3.63) is 34.9 Å². The van der Waals surface area contributed by atoms with Gasteiger partial charge >= 0.3 is 0 Å². The lowest BCUT2D eigenvalue weighted by molar-refractivity contribution is -0.216. The highest BCUT2D eigenvalue weighted by Crippen LogP contribution is 2.40. The molecule has 4 rings (SSSR count). The Labute approximate surface area is 192 Å². The summed E-state index contributed by atoms with van der Waals surface area (Å²) < 4.78 is 47.7. The van der Waals surface area contributed by atoms with Crippen LogP contribution in [-0.2, 0) is 14.2 Å². The molecule has 0 amide bonds. The maximum atomic E-state index is 15.0. The van der Waals surface area contributed by atoms with Gasteiger partial charge in [0, 0.05) is 17.4 Å². The molecule has 3 fully saturated rings. The van der Waals surface area contributed by atoms with Gasteiger partial charge in [-0.1, -0.05) is 58.1 Å². The first kappa shape index (κ1) is 24.1. The SMILES string of the molecule is CCCC1CCC(C2COC(c3ccc(C4CCC(CCC)OC4)c(F)c3F)OC2)CC1. The summed E-state index contributed by atoms with van der Waals surface area (Å²) in [5, 5.41) is 0. The van der Waals surface area contributed by atoms with Crippen molar-refractivity contribution in [3.8, 4) is 0 Å². The average Bonchev–Trinajstić information content (AvgIpc) is 2.83. The number of hydrogen-bond acceptors (Lipinski definition) is 3. The second-order valence-corrected chi connectivity index (χ2v) is 10.2. The Morgan fingerprint density at radius 1 is 0.719 bits per heavy atom. The zero-order valence-corrected chi connectivity index (χ0v) is 19.8. The van der Waals surface area contributed by atoms with Crippen LogP contribution >= 0.6 is 0 Å². The third-order valence-electron chi connectivity index (χ3n) is 8.00. The van der Waals surface area contributed by atoms with Gasteiger partial charge in [0.25, 0.3) is 0 Å². The molecule has 1 aromatic carbocycles. The average molecular weight is 451 g/mol. The lowest BCUT2D eigenvalue weighted by Gasteiger charge is -2.38. The summed E-state index contributed by atoms with van der Waals surface area (Å²) in [6.45, 7) is 5.98. The van der Waals surface area contributed by atoms with Gasteiger partial charge in [0.2, 0.25) is 0 Å². The van der Waals surface area contributed by atoms with Crippen LogP contribution in [0.4, 0.5) is 8.78 Å². The van der Waals surface area contributed by atoms with Crippen LogP contribution in [0, 0.1) is 29.4 Å². The van der Waals surface area contributed by atoms with Crippen molar-refractivity contribution in [2.24, 2.45) is 17.8 Å². The van der Waals surface area contributed by atoms with Crippen molar-refractivity contribution in [2.45, 2.75) is 96.4 Å². The van der Waals surface area contributed by atoms with Crippen LogP contribution in [0.1, 0.15) is 101 Å². The van der Waals surface area contributed by atoms with E-state index in [0.29, 0.717) is 37.2 Å². The van der Waals surface area contributed by atoms with Crippen molar-refractivity contribution in [1.82, 2.24) is 0 Å². The molecule has 2 heterocycles. The van der Waals surface area contributed by atoms with Gasteiger partial charge in [0.15, 0.2) is 17.9 Å². The van der Waals surface area contributed by atoms with Gasteiger partial charge in [-0.25, -0.2) is 8.78 Å². The van der Waals surface area contributed by atoms with Crippen LogP contribution in [0.2, 0.25) is 0 Å². The molecule has 1 saturated carbocycles. The first-order chi connectivity index (χ1) is 15.6. The molecule has 5 heteroatoms. The number of ether oxygens (including phenoxy) is 3. The van der Waals surface area contributed by atoms with Crippen LogP contribution in [0.5, 0.6) is 0 Å². The van der Waals surface area contributed by atoms with Crippen molar-refractivity contribution in [2.75, 3.05) is 19.8 Å². The lowest BCUT2D eigenvalue weighted by atomic mass is 9.75. The third-order valence-corrected chi connectivity index (χ3v) is 8.00. The standard InChI is InChI=1S/C27H40F2O3/c1-3-5-18-7-9-19(10-8-18)21-16-31-27(32-17-21)24-14-13-23(25(28)26(24)29)20-11-12-22(6-4-2)30-15-20/h13-14,18-22,27H,3-12,15-17H2,1-2H3. The summed E-state index contributed by atoms with van der Waals surface area (Å²) in [7, 11) is 0. The van der Waals surface area contributed by atoms with E-state index in [1.807, 2.05) is 0 Å². The van der Waals surface area contributed by atoms with Gasteiger partial charge in [-0.3, -0.25) is 0 Å². The fraction of sp³-hybridized carbons (Fsp3) is 0.778. The van der Waals surface area contributed by atoms with Gasteiger partial charge in [-0.05, 0) is 49.5 Å². The zero-order chi connectivity index (χ0) is 22.5. The fourth-order valence-electron chi connectivity index (χ4n) is 6.00. The van der Waals surface area contributed by atoms with E-state index in [9.17, 15) is 8.78 Å². The van der Waals surface area contributed by atoms with E-state index in [-0.39, 0.29) is 17.6 Å². The smallest absolute Gasteiger partial charge is 0.186 e. The van der Waals surface area contributed by atoms with Crippen LogP contribution in [0.3, 0.4) is 0 Å². The minimum absolute atomic E-state index is 0.0907. The van der Waals surface area contributed by atoms with E-state index in [2.05, 4.69) is 13.8 Å². The van der Waals surface area contributed by atoms with Crippen LogP contribution in [0.15, 0.2) is 12.1 Å². The molecule has 1 aromatic rings. The Balaban J connectivity index is 1.32. The van der Waals surface area contributed by atoms with Gasteiger partial charge < -0.3 is 14.2 Å². The Hall–Kier alpha value is -1.04. The molecule has 3 nitrogen and oxygen atoms in total. The van der Waals surface area contributed by atoms with Gasteiger partial charge in [0.05, 0.1) is 25.9 Å². The number of halogens is 2. The second kappa shape index (κ2) is 11.4. The molecule has 3 aliphatic rings. The van der Waals surface area contributed by atoms with Crippen molar-refractivity contribution >= 4 is 0 Å². The summed E-state index contributed by atoms with van der Waals surface area (Å²) in [6, 6.07) is 3.35. The molecule has 0 bridgehead atoms. The topological polar surface area (TPSA) is 27.7 Å². The zero-order valence-electron chi connectivity index (χ0n) is 19.8. The first-order valence-corrected chi connectivity index (χ1v) is 12.9. The molecular weight excluding hydrogens is 410 g/mol. The molecular formula is C27H40F2O3. The second-order valence-electron chi connectivity index (χ2n) is 10.2. The van der Waals surface area contributed by atoms with E-state index in [4.69, 9.17) is 14.2 Å². The van der Waals surface area contributed by atoms with Crippen molar-refractivity contribution in [1.29, 1.82) is 0 Å². The Morgan fingerprint density at radius 3 is 2.00 bits per heavy atom. The molecule has 180 valence electrons. The number of rotatable bonds is 7. The molecule has 0 radical (unpaired) electrons. The summed E-state index contributed by atoms with van der Waals surface area (Å²) >= 11 is 0. The molecule has 0 N–H and O–H groups in total. The predicted octanol–water partition coefficient (Wildman–Crippen LogP) is 7.30. The molecule has 2 atom stereocenters. The maximum absolute atomic E-state index is 15.0. The molecule has 2 saturated heterocycles. The van der Waals surface area contributed by atoms with E-state index in [1.165, 1.54) is 38.5 Å². The summed E-state index contributed by atoms with van der Waals surface area (Å²) in [6.07, 6.45) is 10.9. The minimum atomic E-state index is -0.832. The lowest BCUT2D eigenvalue weighted by Crippen LogP contribution is -2.34. The first-order valence-electron chi connectivity index (χ1n) is 12.9. The molecule has 0 spiro atoms. The Bertz CT molecular complexity index is 716. The minimum Gasteiger partial charge on any atom is -0.378 e. The summed E-state index contributed by atoms with van der Waals surface area (Å²) in [5.74, 6) is 0.159. The molecule has 1 aliphatic carbocycles. The van der Waals surface area contributed by atoms with Gasteiger partial charge in [0.1, 0.15) is 0 Å². The fourth-order valence-corrected chi connectivity index (χ4v) is 6.00. The van der Waals surface area contributed by atoms with Crippen molar-refractivity contribution < 1.29 is 23.0 Å². The molecule has 2 unspecified atom stereocenters. The van der Waals surface area contributed by atoms with E-state index < -0.39 is 17.9 Å². The largest absolute Gasteiger partial charge is 0.378 e. The molecule has 0 aromatic heterocycles. The third kappa shape index (κ3) is 5.53. The highest BCUT2D eigenvalue weighted by molar-refractivity contribution is 5.30. The number of benzene rings is 1. The van der Waals surface area contributed by atoms with Crippen LogP contribution < -0.4 is 0 Å².